The maximum atomic E-state index is 12.6. The number of nitrogens with zero attached hydrogens (tertiary/aromatic N) is 1. The number of benzene rings is 3. The lowest BCUT2D eigenvalue weighted by atomic mass is 10.0. The summed E-state index contributed by atoms with van der Waals surface area (Å²) < 4.78 is 34.4. The Morgan fingerprint density at radius 1 is 1.06 bits per heavy atom. The second kappa shape index (κ2) is 10.2. The average molecular weight is 440 g/mol. The largest absolute Gasteiger partial charge is 0.493 e. The molecule has 9 heteroatoms. The zero-order valence-electron chi connectivity index (χ0n) is 16.8. The number of amides is 1. The summed E-state index contributed by atoms with van der Waals surface area (Å²) >= 11 is 0. The van der Waals surface area contributed by atoms with Crippen LogP contribution in [0.3, 0.4) is 0 Å². The van der Waals surface area contributed by atoms with Crippen molar-refractivity contribution in [2.24, 2.45) is 0 Å². The molecule has 32 heavy (non-hydrogen) atoms. The van der Waals surface area contributed by atoms with Crippen LogP contribution in [0, 0.1) is 10.1 Å². The highest BCUT2D eigenvalue weighted by Gasteiger charge is 2.20. The molecule has 0 radical (unpaired) electrons. The molecule has 3 aromatic rings. The van der Waals surface area contributed by atoms with E-state index in [0.717, 1.165) is 29.3 Å². The third-order valence-electron chi connectivity index (χ3n) is 4.41. The summed E-state index contributed by atoms with van der Waals surface area (Å²) in [5.41, 5.74) is 1.73. The molecule has 0 aromatic heterocycles. The number of hydrogen-bond donors (Lipinski definition) is 1. The Balaban J connectivity index is 1.87. The molecular formula is C23H18F2N2O5. The van der Waals surface area contributed by atoms with Crippen LogP contribution in [-0.2, 0) is 4.79 Å². The summed E-state index contributed by atoms with van der Waals surface area (Å²) in [6, 6.07) is 18.6. The molecule has 0 heterocycles. The summed E-state index contributed by atoms with van der Waals surface area (Å²) in [5.74, 6) is -1.15. The van der Waals surface area contributed by atoms with Crippen molar-refractivity contribution < 1.29 is 28.0 Å². The van der Waals surface area contributed by atoms with Crippen LogP contribution in [0.1, 0.15) is 5.56 Å². The van der Waals surface area contributed by atoms with Crippen molar-refractivity contribution in [1.82, 2.24) is 0 Å². The Morgan fingerprint density at radius 3 is 2.41 bits per heavy atom. The van der Waals surface area contributed by atoms with Crippen LogP contribution in [0.4, 0.5) is 20.2 Å². The fourth-order valence-corrected chi connectivity index (χ4v) is 3.01. The number of halogens is 2. The highest BCUT2D eigenvalue weighted by atomic mass is 19.3. The van der Waals surface area contributed by atoms with Gasteiger partial charge in [-0.3, -0.25) is 14.9 Å². The second-order valence-corrected chi connectivity index (χ2v) is 6.43. The van der Waals surface area contributed by atoms with E-state index in [2.05, 4.69) is 10.1 Å². The maximum Gasteiger partial charge on any atom is 0.387 e. The van der Waals surface area contributed by atoms with Crippen LogP contribution in [-0.4, -0.2) is 24.6 Å². The van der Waals surface area contributed by atoms with Crippen molar-refractivity contribution >= 4 is 23.4 Å². The Kier molecular flexibility index (Phi) is 7.12. The molecule has 3 aromatic carbocycles. The van der Waals surface area contributed by atoms with Crippen molar-refractivity contribution in [3.05, 3.63) is 88.5 Å². The van der Waals surface area contributed by atoms with Crippen LogP contribution in [0.15, 0.2) is 72.8 Å². The van der Waals surface area contributed by atoms with Gasteiger partial charge in [-0.1, -0.05) is 48.5 Å². The predicted octanol–water partition coefficient (Wildman–Crippen LogP) is 5.52. The number of rotatable bonds is 8. The van der Waals surface area contributed by atoms with Gasteiger partial charge in [0.1, 0.15) is 0 Å². The molecule has 0 aliphatic carbocycles. The number of nitro groups is 1. The molecule has 0 atom stereocenters. The Morgan fingerprint density at radius 2 is 1.75 bits per heavy atom. The monoisotopic (exact) mass is 440 g/mol. The van der Waals surface area contributed by atoms with E-state index in [-0.39, 0.29) is 11.3 Å². The van der Waals surface area contributed by atoms with Gasteiger partial charge in [0.15, 0.2) is 11.5 Å². The zero-order chi connectivity index (χ0) is 23.1. The third-order valence-corrected chi connectivity index (χ3v) is 4.41. The van der Waals surface area contributed by atoms with Gasteiger partial charge in [0.2, 0.25) is 5.91 Å². The zero-order valence-corrected chi connectivity index (χ0v) is 16.8. The van der Waals surface area contributed by atoms with E-state index in [1.165, 1.54) is 13.2 Å². The number of hydrogen-bond acceptors (Lipinski definition) is 5. The van der Waals surface area contributed by atoms with Crippen LogP contribution in [0.5, 0.6) is 11.5 Å². The quantitative estimate of drug-likeness (QED) is 0.283. The van der Waals surface area contributed by atoms with Gasteiger partial charge >= 0.3 is 6.61 Å². The van der Waals surface area contributed by atoms with Crippen LogP contribution >= 0.6 is 0 Å². The molecule has 3 rings (SSSR count). The summed E-state index contributed by atoms with van der Waals surface area (Å²) in [6.45, 7) is -3.18. The van der Waals surface area contributed by atoms with Gasteiger partial charge in [-0.25, -0.2) is 0 Å². The molecule has 0 spiro atoms. The van der Waals surface area contributed by atoms with E-state index in [1.54, 1.807) is 12.1 Å². The molecule has 0 unspecified atom stereocenters. The van der Waals surface area contributed by atoms with Crippen molar-refractivity contribution in [1.29, 1.82) is 0 Å². The molecular weight excluding hydrogens is 422 g/mol. The molecule has 1 N–H and O–H groups in total. The molecule has 0 bridgehead atoms. The number of carbonyl (C=O) groups is 1. The van der Waals surface area contributed by atoms with Crippen molar-refractivity contribution in [3.63, 3.8) is 0 Å². The first-order valence-electron chi connectivity index (χ1n) is 9.33. The van der Waals surface area contributed by atoms with Crippen LogP contribution in [0.25, 0.3) is 17.2 Å². The molecule has 0 aliphatic rings. The van der Waals surface area contributed by atoms with Crippen molar-refractivity contribution in [2.45, 2.75) is 6.61 Å². The number of methoxy groups -OCH3 is 1. The number of nitrogens with one attached hydrogen (secondary N) is 1. The Bertz CT molecular complexity index is 1150. The number of alkyl halides is 2. The third kappa shape index (κ3) is 5.45. The number of para-hydroxylation sites is 1. The van der Waals surface area contributed by atoms with E-state index in [4.69, 9.17) is 4.74 Å². The SMILES string of the molecule is COc1cc(/C=C/C(=O)Nc2ccccc2-c2ccccc2)c([N+](=O)[O-])cc1OC(F)F. The first-order chi connectivity index (χ1) is 15.4. The average Bonchev–Trinajstić information content (AvgIpc) is 2.78. The lowest BCUT2D eigenvalue weighted by Crippen LogP contribution is -2.09. The summed E-state index contributed by atoms with van der Waals surface area (Å²) in [5, 5.41) is 14.1. The molecule has 0 saturated heterocycles. The number of anilines is 1. The number of ether oxygens (including phenoxy) is 2. The molecule has 0 saturated carbocycles. The van der Waals surface area contributed by atoms with Gasteiger partial charge in [-0.05, 0) is 23.8 Å². The molecule has 0 fully saturated rings. The topological polar surface area (TPSA) is 90.7 Å². The fourth-order valence-electron chi connectivity index (χ4n) is 3.01. The smallest absolute Gasteiger partial charge is 0.387 e. The van der Waals surface area contributed by atoms with Gasteiger partial charge in [0, 0.05) is 17.3 Å². The van der Waals surface area contributed by atoms with E-state index < -0.39 is 28.9 Å². The van der Waals surface area contributed by atoms with E-state index in [0.29, 0.717) is 5.69 Å². The van der Waals surface area contributed by atoms with Gasteiger partial charge in [-0.15, -0.1) is 0 Å². The number of carbonyl (C=O) groups excluding carboxylic acids is 1. The first kappa shape index (κ1) is 22.4. The summed E-state index contributed by atoms with van der Waals surface area (Å²) in [4.78, 5) is 23.1. The minimum atomic E-state index is -3.18. The Hall–Kier alpha value is -4.27. The fraction of sp³-hybridized carbons (Fsp3) is 0.0870. The lowest BCUT2D eigenvalue weighted by Gasteiger charge is -2.11. The van der Waals surface area contributed by atoms with E-state index >= 15 is 0 Å². The predicted molar refractivity (Wildman–Crippen MR) is 116 cm³/mol. The molecule has 164 valence electrons. The van der Waals surface area contributed by atoms with Crippen LogP contribution < -0.4 is 14.8 Å². The maximum absolute atomic E-state index is 12.6. The first-order valence-corrected chi connectivity index (χ1v) is 9.33. The summed E-state index contributed by atoms with van der Waals surface area (Å²) in [6.07, 6.45) is 2.31. The Labute approximate surface area is 182 Å². The van der Waals surface area contributed by atoms with Gasteiger partial charge < -0.3 is 14.8 Å². The summed E-state index contributed by atoms with van der Waals surface area (Å²) in [7, 11) is 1.21. The van der Waals surface area contributed by atoms with Crippen LogP contribution in [0.2, 0.25) is 0 Å². The molecule has 1 amide bonds. The second-order valence-electron chi connectivity index (χ2n) is 6.43. The highest BCUT2D eigenvalue weighted by Crippen LogP contribution is 2.36. The van der Waals surface area contributed by atoms with Gasteiger partial charge in [0.25, 0.3) is 5.69 Å². The minimum Gasteiger partial charge on any atom is -0.493 e. The van der Waals surface area contributed by atoms with Crippen molar-refractivity contribution in [3.8, 4) is 22.6 Å². The highest BCUT2D eigenvalue weighted by molar-refractivity contribution is 6.04. The minimum absolute atomic E-state index is 0.0139. The lowest BCUT2D eigenvalue weighted by molar-refractivity contribution is -0.385. The normalized spacial score (nSPS) is 10.9. The number of nitro benzene ring substituents is 1. The van der Waals surface area contributed by atoms with E-state index in [1.807, 2.05) is 42.5 Å². The standard InChI is InChI=1S/C23H18F2N2O5/c1-31-20-13-16(19(27(29)30)14-21(20)32-23(24)25)11-12-22(28)26-18-10-6-5-9-17(18)15-7-3-2-4-8-15/h2-14,23H,1H3,(H,26,28)/b12-11+. The molecule has 7 nitrogen and oxygen atoms in total. The van der Waals surface area contributed by atoms with Gasteiger partial charge in [-0.2, -0.15) is 8.78 Å². The van der Waals surface area contributed by atoms with Crippen molar-refractivity contribution in [2.75, 3.05) is 12.4 Å². The van der Waals surface area contributed by atoms with Gasteiger partial charge in [0.05, 0.1) is 23.7 Å². The van der Waals surface area contributed by atoms with E-state index in [9.17, 15) is 23.7 Å². The molecule has 0 aliphatic heterocycles.